The first-order valence-electron chi connectivity index (χ1n) is 8.04. The minimum atomic E-state index is 0.691. The monoisotopic (exact) mass is 275 g/mol. The van der Waals surface area contributed by atoms with Crippen molar-refractivity contribution in [1.29, 1.82) is 0 Å². The number of likely N-dealkylation sites (N-methyl/N-ethyl adjacent to an activating group) is 1. The van der Waals surface area contributed by atoms with E-state index in [2.05, 4.69) is 47.1 Å². The van der Waals surface area contributed by atoms with E-state index in [0.717, 1.165) is 26.2 Å². The van der Waals surface area contributed by atoms with Crippen molar-refractivity contribution >= 4 is 0 Å². The molecule has 0 saturated carbocycles. The van der Waals surface area contributed by atoms with E-state index in [-0.39, 0.29) is 0 Å². The lowest BCUT2D eigenvalue weighted by Gasteiger charge is -2.38. The molecular weight excluding hydrogens is 246 g/mol. The molecule has 1 aliphatic heterocycles. The van der Waals surface area contributed by atoms with Gasteiger partial charge in [-0.2, -0.15) is 0 Å². The number of rotatable bonds is 7. The fraction of sp³-hybridized carbons (Fsp3) is 0.647. The molecule has 1 aliphatic rings. The van der Waals surface area contributed by atoms with Crippen molar-refractivity contribution in [2.75, 3.05) is 32.7 Å². The van der Waals surface area contributed by atoms with Crippen molar-refractivity contribution in [2.24, 2.45) is 5.73 Å². The average Bonchev–Trinajstić information content (AvgIpc) is 2.50. The second-order valence-corrected chi connectivity index (χ2v) is 5.79. The normalized spacial score (nSPS) is 20.4. The van der Waals surface area contributed by atoms with E-state index in [1.165, 1.54) is 37.9 Å². The maximum Gasteiger partial charge on any atom is 0.0234 e. The lowest BCUT2D eigenvalue weighted by atomic mass is 10.0. The Kier molecular flexibility index (Phi) is 6.51. The van der Waals surface area contributed by atoms with Gasteiger partial charge in [0.2, 0.25) is 0 Å². The summed E-state index contributed by atoms with van der Waals surface area (Å²) >= 11 is 0. The Morgan fingerprint density at radius 1 is 1.25 bits per heavy atom. The lowest BCUT2D eigenvalue weighted by molar-refractivity contribution is 0.106. The zero-order valence-electron chi connectivity index (χ0n) is 12.8. The van der Waals surface area contributed by atoms with Crippen LogP contribution in [0, 0.1) is 0 Å². The van der Waals surface area contributed by atoms with E-state index in [1.807, 2.05) is 0 Å². The molecule has 112 valence electrons. The summed E-state index contributed by atoms with van der Waals surface area (Å²) in [6.07, 6.45) is 4.03. The third-order valence-electron chi connectivity index (χ3n) is 4.33. The highest BCUT2D eigenvalue weighted by atomic mass is 15.2. The molecule has 1 aromatic rings. The Hall–Kier alpha value is -0.900. The molecular formula is C17H29N3. The maximum absolute atomic E-state index is 5.75. The smallest absolute Gasteiger partial charge is 0.0234 e. The summed E-state index contributed by atoms with van der Waals surface area (Å²) in [7, 11) is 0. The molecule has 1 aromatic carbocycles. The Balaban J connectivity index is 1.90. The van der Waals surface area contributed by atoms with E-state index in [0.29, 0.717) is 6.04 Å². The van der Waals surface area contributed by atoms with E-state index in [9.17, 15) is 0 Å². The van der Waals surface area contributed by atoms with Crippen LogP contribution in [0.4, 0.5) is 0 Å². The number of hydrogen-bond acceptors (Lipinski definition) is 3. The molecule has 2 rings (SSSR count). The zero-order chi connectivity index (χ0) is 14.2. The van der Waals surface area contributed by atoms with Crippen molar-refractivity contribution in [2.45, 2.75) is 38.8 Å². The summed E-state index contributed by atoms with van der Waals surface area (Å²) in [6, 6.07) is 11.5. The molecule has 1 heterocycles. The van der Waals surface area contributed by atoms with Gasteiger partial charge in [-0.05, 0) is 31.5 Å². The van der Waals surface area contributed by atoms with Gasteiger partial charge in [-0.15, -0.1) is 0 Å². The van der Waals surface area contributed by atoms with Crippen LogP contribution in [0.5, 0.6) is 0 Å². The molecule has 1 saturated heterocycles. The Bertz CT molecular complexity index is 364. The van der Waals surface area contributed by atoms with Crippen LogP contribution in [0.25, 0.3) is 0 Å². The van der Waals surface area contributed by atoms with Crippen molar-refractivity contribution in [3.05, 3.63) is 35.9 Å². The minimum Gasteiger partial charge on any atom is -0.329 e. The van der Waals surface area contributed by atoms with Crippen LogP contribution in [0.15, 0.2) is 30.3 Å². The second-order valence-electron chi connectivity index (χ2n) is 5.79. The Morgan fingerprint density at radius 3 is 2.75 bits per heavy atom. The molecule has 2 N–H and O–H groups in total. The molecule has 3 nitrogen and oxygen atoms in total. The zero-order valence-corrected chi connectivity index (χ0v) is 12.8. The summed E-state index contributed by atoms with van der Waals surface area (Å²) in [5.41, 5.74) is 7.17. The average molecular weight is 275 g/mol. The van der Waals surface area contributed by atoms with Gasteiger partial charge in [0.1, 0.15) is 0 Å². The third kappa shape index (κ3) is 4.58. The van der Waals surface area contributed by atoms with E-state index >= 15 is 0 Å². The van der Waals surface area contributed by atoms with E-state index < -0.39 is 0 Å². The minimum absolute atomic E-state index is 0.691. The van der Waals surface area contributed by atoms with Crippen molar-refractivity contribution in [3.63, 3.8) is 0 Å². The Morgan fingerprint density at radius 2 is 2.05 bits per heavy atom. The summed E-state index contributed by atoms with van der Waals surface area (Å²) in [5, 5.41) is 0. The van der Waals surface area contributed by atoms with Gasteiger partial charge in [-0.25, -0.2) is 0 Å². The van der Waals surface area contributed by atoms with Crippen LogP contribution >= 0.6 is 0 Å². The number of piperidine rings is 1. The summed E-state index contributed by atoms with van der Waals surface area (Å²) in [6.45, 7) is 8.66. The van der Waals surface area contributed by atoms with Gasteiger partial charge in [0, 0.05) is 32.2 Å². The van der Waals surface area contributed by atoms with Gasteiger partial charge in [0.25, 0.3) is 0 Å². The van der Waals surface area contributed by atoms with Crippen LogP contribution in [-0.2, 0) is 6.54 Å². The van der Waals surface area contributed by atoms with Crippen molar-refractivity contribution in [1.82, 2.24) is 9.80 Å². The molecule has 1 atom stereocenters. The van der Waals surface area contributed by atoms with Gasteiger partial charge >= 0.3 is 0 Å². The first-order chi connectivity index (χ1) is 9.83. The van der Waals surface area contributed by atoms with Crippen LogP contribution in [0.2, 0.25) is 0 Å². The molecule has 0 spiro atoms. The van der Waals surface area contributed by atoms with Crippen molar-refractivity contribution in [3.8, 4) is 0 Å². The number of nitrogens with two attached hydrogens (primary N) is 1. The highest BCUT2D eigenvalue weighted by Crippen LogP contribution is 2.18. The first kappa shape index (κ1) is 15.5. The van der Waals surface area contributed by atoms with Gasteiger partial charge in [-0.1, -0.05) is 43.7 Å². The molecule has 3 heteroatoms. The molecule has 0 aliphatic carbocycles. The summed E-state index contributed by atoms with van der Waals surface area (Å²) in [4.78, 5) is 5.16. The topological polar surface area (TPSA) is 32.5 Å². The van der Waals surface area contributed by atoms with Crippen LogP contribution in [0.3, 0.4) is 0 Å². The molecule has 1 unspecified atom stereocenters. The fourth-order valence-electron chi connectivity index (χ4n) is 3.17. The summed E-state index contributed by atoms with van der Waals surface area (Å²) in [5.74, 6) is 0. The second kappa shape index (κ2) is 8.40. The highest BCUT2D eigenvalue weighted by Gasteiger charge is 2.23. The largest absolute Gasteiger partial charge is 0.329 e. The molecule has 20 heavy (non-hydrogen) atoms. The number of hydrogen-bond donors (Lipinski definition) is 1. The molecule has 0 radical (unpaired) electrons. The van der Waals surface area contributed by atoms with Gasteiger partial charge in [-0.3, -0.25) is 9.80 Å². The standard InChI is InChI=1S/C17H29N3/c1-2-19(14-16-8-4-3-5-9-16)15-17-10-6-7-12-20(17)13-11-18/h3-5,8-9,17H,2,6-7,10-15,18H2,1H3. The maximum atomic E-state index is 5.75. The molecule has 1 fully saturated rings. The number of nitrogens with zero attached hydrogens (tertiary/aromatic N) is 2. The molecule has 0 amide bonds. The third-order valence-corrected chi connectivity index (χ3v) is 4.33. The predicted molar refractivity (Wildman–Crippen MR) is 85.7 cm³/mol. The molecule has 0 aromatic heterocycles. The van der Waals surface area contributed by atoms with E-state index in [4.69, 9.17) is 5.73 Å². The highest BCUT2D eigenvalue weighted by molar-refractivity contribution is 5.14. The van der Waals surface area contributed by atoms with Gasteiger partial charge < -0.3 is 5.73 Å². The van der Waals surface area contributed by atoms with E-state index in [1.54, 1.807) is 0 Å². The van der Waals surface area contributed by atoms with Gasteiger partial charge in [0.05, 0.1) is 0 Å². The SMILES string of the molecule is CCN(Cc1ccccc1)CC1CCCCN1CCN. The predicted octanol–water partition coefficient (Wildman–Crippen LogP) is 2.32. The summed E-state index contributed by atoms with van der Waals surface area (Å²) < 4.78 is 0. The lowest BCUT2D eigenvalue weighted by Crippen LogP contribution is -2.48. The Labute approximate surface area is 123 Å². The number of likely N-dealkylation sites (tertiary alicyclic amines) is 1. The van der Waals surface area contributed by atoms with Crippen molar-refractivity contribution < 1.29 is 0 Å². The fourth-order valence-corrected chi connectivity index (χ4v) is 3.17. The first-order valence-corrected chi connectivity index (χ1v) is 8.04. The van der Waals surface area contributed by atoms with Crippen LogP contribution in [-0.4, -0.2) is 48.6 Å². The van der Waals surface area contributed by atoms with Crippen LogP contribution < -0.4 is 5.73 Å². The molecule has 0 bridgehead atoms. The number of benzene rings is 1. The quantitative estimate of drug-likeness (QED) is 0.829. The van der Waals surface area contributed by atoms with Crippen LogP contribution in [0.1, 0.15) is 31.7 Å². The van der Waals surface area contributed by atoms with Gasteiger partial charge in [0.15, 0.2) is 0 Å².